The fraction of sp³-hybridized carbons (Fsp3) is 0.0455. The summed E-state index contributed by atoms with van der Waals surface area (Å²) in [5, 5.41) is 27.3. The normalized spacial score (nSPS) is 11.8. The molecule has 10 nitrogen and oxygen atoms in total. The van der Waals surface area contributed by atoms with Gasteiger partial charge in [-0.1, -0.05) is 41.1 Å². The van der Waals surface area contributed by atoms with Crippen LogP contribution in [0.2, 0.25) is 0 Å². The lowest BCUT2D eigenvalue weighted by Gasteiger charge is -2.11. The van der Waals surface area contributed by atoms with Gasteiger partial charge in [-0.15, -0.1) is 11.3 Å². The summed E-state index contributed by atoms with van der Waals surface area (Å²) in [7, 11) is 1.54. The molecule has 162 valence electrons. The molecular weight excluding hydrogens is 442 g/mol. The SMILES string of the molecule is C[n+]1[nH]oc(=O)c1-c1c(C#N)c(N)nc2sc(C([O-])=Nc3cccc4ccccc34)c(N)c12. The Hall–Kier alpha value is -4.69. The molecule has 2 aromatic carbocycles. The average molecular weight is 457 g/mol. The zero-order valence-electron chi connectivity index (χ0n) is 17.1. The Morgan fingerprint density at radius 3 is 2.76 bits per heavy atom. The molecule has 5 N–H and O–H groups in total. The fourth-order valence-electron chi connectivity index (χ4n) is 3.76. The number of nitrogens with zero attached hydrogens (tertiary/aromatic N) is 4. The van der Waals surface area contributed by atoms with E-state index in [0.717, 1.165) is 22.1 Å². The Balaban J connectivity index is 1.79. The number of thiophene rings is 1. The predicted molar refractivity (Wildman–Crippen MR) is 123 cm³/mol. The van der Waals surface area contributed by atoms with Crippen LogP contribution in [0.1, 0.15) is 10.4 Å². The van der Waals surface area contributed by atoms with E-state index in [4.69, 9.17) is 16.0 Å². The molecule has 0 bridgehead atoms. The van der Waals surface area contributed by atoms with Crippen molar-refractivity contribution in [3.8, 4) is 17.3 Å². The topological polar surface area (TPSA) is 174 Å². The van der Waals surface area contributed by atoms with Crippen LogP contribution in [0.5, 0.6) is 0 Å². The van der Waals surface area contributed by atoms with Gasteiger partial charge in [0.2, 0.25) is 0 Å². The highest BCUT2D eigenvalue weighted by atomic mass is 32.1. The van der Waals surface area contributed by atoms with Crippen molar-refractivity contribution in [2.24, 2.45) is 12.0 Å². The number of hydrogen-bond donors (Lipinski definition) is 3. The Morgan fingerprint density at radius 1 is 1.27 bits per heavy atom. The standard InChI is InChI=1S/C22H15N7O3S/c1-29-17(22(31)32-28-29)14-12(9-23)19(25)27-21-15(14)16(24)18(33-21)20(30)26-13-8-4-6-10-5-2-3-7-11(10)13/h2-8H,1H3,(H5-,24,25,26,27,28,30,31). The maximum atomic E-state index is 13.2. The van der Waals surface area contributed by atoms with Gasteiger partial charge in [0.05, 0.1) is 27.2 Å². The van der Waals surface area contributed by atoms with Gasteiger partial charge in [-0.25, -0.2) is 9.78 Å². The van der Waals surface area contributed by atoms with Crippen LogP contribution in [0.4, 0.5) is 17.2 Å². The predicted octanol–water partition coefficient (Wildman–Crippen LogP) is 1.70. The second kappa shape index (κ2) is 7.47. The molecule has 0 unspecified atom stereocenters. The van der Waals surface area contributed by atoms with Crippen molar-refractivity contribution in [1.29, 1.82) is 5.26 Å². The van der Waals surface area contributed by atoms with Crippen LogP contribution in [0.25, 0.3) is 32.2 Å². The number of benzene rings is 2. The van der Waals surface area contributed by atoms with Crippen molar-refractivity contribution in [3.05, 3.63) is 63.3 Å². The summed E-state index contributed by atoms with van der Waals surface area (Å²) < 4.78 is 6.14. The third-order valence-electron chi connectivity index (χ3n) is 5.24. The number of fused-ring (bicyclic) bond motifs is 2. The van der Waals surface area contributed by atoms with E-state index in [9.17, 15) is 15.2 Å². The van der Waals surface area contributed by atoms with Crippen LogP contribution in [-0.4, -0.2) is 16.2 Å². The molecule has 33 heavy (non-hydrogen) atoms. The number of nitrogen functional groups attached to an aromatic ring is 2. The van der Waals surface area contributed by atoms with Gasteiger partial charge in [0.1, 0.15) is 22.3 Å². The van der Waals surface area contributed by atoms with Gasteiger partial charge in [0.15, 0.2) is 7.05 Å². The van der Waals surface area contributed by atoms with Crippen molar-refractivity contribution in [3.63, 3.8) is 0 Å². The van der Waals surface area contributed by atoms with E-state index < -0.39 is 11.5 Å². The summed E-state index contributed by atoms with van der Waals surface area (Å²) in [6.45, 7) is 0. The Morgan fingerprint density at radius 2 is 2.03 bits per heavy atom. The molecule has 0 amide bonds. The van der Waals surface area contributed by atoms with E-state index in [0.29, 0.717) is 10.5 Å². The zero-order chi connectivity index (χ0) is 23.3. The lowest BCUT2D eigenvalue weighted by Crippen LogP contribution is -2.34. The summed E-state index contributed by atoms with van der Waals surface area (Å²) in [4.78, 5) is 21.3. The van der Waals surface area contributed by atoms with E-state index in [1.165, 1.54) is 11.7 Å². The molecule has 0 atom stereocenters. The molecule has 0 fully saturated rings. The average Bonchev–Trinajstić information content (AvgIpc) is 3.31. The summed E-state index contributed by atoms with van der Waals surface area (Å²) in [6, 6.07) is 15.0. The van der Waals surface area contributed by atoms with Crippen LogP contribution in [0.15, 0.2) is 56.8 Å². The van der Waals surface area contributed by atoms with E-state index in [1.807, 2.05) is 42.5 Å². The van der Waals surface area contributed by atoms with Crippen molar-refractivity contribution in [2.75, 3.05) is 11.5 Å². The Kier molecular flexibility index (Phi) is 4.58. The molecule has 0 aliphatic carbocycles. The largest absolute Gasteiger partial charge is 0.858 e. The minimum absolute atomic E-state index is 0.0279. The van der Waals surface area contributed by atoms with E-state index >= 15 is 0 Å². The number of rotatable bonds is 3. The fourth-order valence-corrected chi connectivity index (χ4v) is 4.75. The Bertz CT molecular complexity index is 1700. The molecule has 5 rings (SSSR count). The number of nitrogens with one attached hydrogen (secondary N) is 1. The van der Waals surface area contributed by atoms with Gasteiger partial charge in [-0.2, -0.15) is 5.26 Å². The van der Waals surface area contributed by atoms with E-state index in [2.05, 4.69) is 15.2 Å². The van der Waals surface area contributed by atoms with Crippen LogP contribution >= 0.6 is 11.3 Å². The highest BCUT2D eigenvalue weighted by molar-refractivity contribution is 7.21. The van der Waals surface area contributed by atoms with Gasteiger partial charge < -0.3 is 16.6 Å². The molecule has 0 radical (unpaired) electrons. The van der Waals surface area contributed by atoms with Crippen molar-refractivity contribution >= 4 is 55.4 Å². The van der Waals surface area contributed by atoms with E-state index in [-0.39, 0.29) is 38.6 Å². The number of anilines is 2. The number of aryl methyl sites for hydroxylation is 1. The number of nitriles is 1. The Labute approximate surface area is 189 Å². The van der Waals surface area contributed by atoms with Crippen LogP contribution < -0.4 is 26.9 Å². The first-order valence-electron chi connectivity index (χ1n) is 9.64. The minimum atomic E-state index is -0.722. The first-order valence-corrected chi connectivity index (χ1v) is 10.5. The number of hydrogen-bond acceptors (Lipinski definition) is 9. The van der Waals surface area contributed by atoms with Gasteiger partial charge in [-0.3, -0.25) is 9.52 Å². The monoisotopic (exact) mass is 457 g/mol. The summed E-state index contributed by atoms with van der Waals surface area (Å²) in [5.74, 6) is -0.660. The molecule has 3 aromatic heterocycles. The first kappa shape index (κ1) is 20.2. The van der Waals surface area contributed by atoms with Crippen LogP contribution in [-0.2, 0) is 7.05 Å². The summed E-state index contributed by atoms with van der Waals surface area (Å²) >= 11 is 0.992. The molecule has 0 saturated heterocycles. The van der Waals surface area contributed by atoms with Crippen LogP contribution in [0.3, 0.4) is 0 Å². The highest BCUT2D eigenvalue weighted by Crippen LogP contribution is 2.41. The first-order chi connectivity index (χ1) is 15.9. The molecular formula is C22H15N7O3S. The number of aliphatic imine (C=N–C) groups is 1. The van der Waals surface area contributed by atoms with Crippen molar-refractivity contribution in [2.45, 2.75) is 0 Å². The molecule has 0 aliphatic rings. The second-order valence-electron chi connectivity index (χ2n) is 7.19. The lowest BCUT2D eigenvalue weighted by atomic mass is 10.0. The van der Waals surface area contributed by atoms with E-state index in [1.54, 1.807) is 6.07 Å². The number of H-pyrrole nitrogens is 1. The van der Waals surface area contributed by atoms with Crippen LogP contribution in [0, 0.1) is 11.3 Å². The van der Waals surface area contributed by atoms with Gasteiger partial charge in [0.25, 0.3) is 0 Å². The molecule has 5 aromatic rings. The zero-order valence-corrected chi connectivity index (χ0v) is 17.9. The maximum absolute atomic E-state index is 13.2. The molecule has 3 heterocycles. The quantitative estimate of drug-likeness (QED) is 0.210. The molecule has 0 saturated carbocycles. The summed E-state index contributed by atoms with van der Waals surface area (Å²) in [5.41, 5.74) is 12.3. The highest BCUT2D eigenvalue weighted by Gasteiger charge is 2.31. The number of aromatic nitrogens is 3. The molecule has 0 spiro atoms. The number of pyridine rings is 1. The second-order valence-corrected chi connectivity index (χ2v) is 8.19. The smallest absolute Gasteiger partial charge is 0.435 e. The number of nitrogens with two attached hydrogens (primary N) is 2. The minimum Gasteiger partial charge on any atom is -0.858 e. The third kappa shape index (κ3) is 3.08. The van der Waals surface area contributed by atoms with Crippen molar-refractivity contribution < 1.29 is 14.3 Å². The third-order valence-corrected chi connectivity index (χ3v) is 6.33. The lowest BCUT2D eigenvalue weighted by molar-refractivity contribution is -0.730. The summed E-state index contributed by atoms with van der Waals surface area (Å²) in [6.07, 6.45) is 0. The van der Waals surface area contributed by atoms with Crippen molar-refractivity contribution in [1.82, 2.24) is 10.3 Å². The maximum Gasteiger partial charge on any atom is 0.435 e. The van der Waals surface area contributed by atoms with Gasteiger partial charge in [0, 0.05) is 11.3 Å². The van der Waals surface area contributed by atoms with Gasteiger partial charge >= 0.3 is 11.3 Å². The number of aromatic amines is 1. The molecule has 11 heteroatoms. The van der Waals surface area contributed by atoms with Gasteiger partial charge in [-0.05, 0) is 16.7 Å². The molecule has 0 aliphatic heterocycles.